The van der Waals surface area contributed by atoms with E-state index in [2.05, 4.69) is 11.7 Å². The summed E-state index contributed by atoms with van der Waals surface area (Å²) >= 11 is -1.05. The number of rotatable bonds is 10. The van der Waals surface area contributed by atoms with Crippen LogP contribution in [0.2, 0.25) is 0 Å². The second kappa shape index (κ2) is 9.85. The molecular weight excluding hydrogens is 423 g/mol. The van der Waals surface area contributed by atoms with Gasteiger partial charge in [0.1, 0.15) is 17.3 Å². The van der Waals surface area contributed by atoms with E-state index in [9.17, 15) is 18.2 Å². The highest BCUT2D eigenvalue weighted by atomic mass is 32.2. The maximum absolute atomic E-state index is 12.5. The van der Waals surface area contributed by atoms with Crippen molar-refractivity contribution >= 4 is 28.9 Å². The molecule has 1 unspecified atom stereocenters. The molecule has 1 N–H and O–H groups in total. The third-order valence-corrected chi connectivity index (χ3v) is 5.61. The minimum atomic E-state index is -2.10. The molecule has 0 bridgehead atoms. The number of benzene rings is 1. The zero-order valence-corrected chi connectivity index (χ0v) is 16.9. The Hall–Kier alpha value is -2.44. The van der Waals surface area contributed by atoms with E-state index in [1.165, 1.54) is 16.7 Å². The number of nitrogens with zero attached hydrogens (tertiary/aromatic N) is 3. The fraction of sp³-hybridized carbons (Fsp3) is 0.353. The second-order valence-electron chi connectivity index (χ2n) is 5.89. The molecule has 1 heterocycles. The van der Waals surface area contributed by atoms with Gasteiger partial charge < -0.3 is 4.74 Å². The first-order chi connectivity index (χ1) is 14.1. The molecule has 1 aromatic heterocycles. The van der Waals surface area contributed by atoms with Crippen molar-refractivity contribution in [1.29, 1.82) is 0 Å². The van der Waals surface area contributed by atoms with E-state index < -0.39 is 29.5 Å². The number of carbonyl (C=O) groups excluding carboxylic acids is 1. The molecule has 12 heteroatoms. The van der Waals surface area contributed by atoms with Crippen LogP contribution in [0.4, 0.5) is 9.18 Å². The molecule has 156 valence electrons. The average molecular weight is 442 g/mol. The zero-order valence-electron chi connectivity index (χ0n) is 15.3. The van der Waals surface area contributed by atoms with Gasteiger partial charge in [0.05, 0.1) is 6.67 Å². The summed E-state index contributed by atoms with van der Waals surface area (Å²) in [5.41, 5.74) is 1.31. The third kappa shape index (κ3) is 5.14. The van der Waals surface area contributed by atoms with E-state index in [4.69, 9.17) is 9.02 Å². The number of nitrogens with one attached hydrogen (secondary N) is 1. The van der Waals surface area contributed by atoms with Crippen LogP contribution in [0.25, 0.3) is 0 Å². The average Bonchev–Trinajstić information content (AvgIpc) is 3.51. The lowest BCUT2D eigenvalue weighted by molar-refractivity contribution is 0.186. The van der Waals surface area contributed by atoms with Gasteiger partial charge in [-0.05, 0) is 25.0 Å². The van der Waals surface area contributed by atoms with Crippen molar-refractivity contribution in [2.75, 3.05) is 19.0 Å². The van der Waals surface area contributed by atoms with E-state index in [1.54, 1.807) is 18.2 Å². The van der Waals surface area contributed by atoms with Crippen molar-refractivity contribution < 1.29 is 22.4 Å². The number of amides is 1. The quantitative estimate of drug-likeness (QED) is 0.342. The largest absolute Gasteiger partial charge is 0.488 e. The van der Waals surface area contributed by atoms with Gasteiger partial charge in [-0.2, -0.15) is 9.76 Å². The normalized spacial score (nSPS) is 14.4. The minimum absolute atomic E-state index is 0.0462. The summed E-state index contributed by atoms with van der Waals surface area (Å²) in [6.45, 7) is 3.16. The van der Waals surface area contributed by atoms with Gasteiger partial charge in [-0.25, -0.2) is 13.8 Å². The SMILES string of the molecule is C=CCOc1ccccc1S(=O)ONC(=O)n1nc(SCCF)n(C2CC2)c1=O. The van der Waals surface area contributed by atoms with Crippen LogP contribution in [0, 0.1) is 0 Å². The van der Waals surface area contributed by atoms with Gasteiger partial charge in [-0.1, -0.05) is 36.5 Å². The van der Waals surface area contributed by atoms with Crippen LogP contribution < -0.4 is 15.9 Å². The lowest BCUT2D eigenvalue weighted by Crippen LogP contribution is -2.38. The molecule has 1 aliphatic rings. The van der Waals surface area contributed by atoms with E-state index in [0.717, 1.165) is 24.6 Å². The minimum Gasteiger partial charge on any atom is -0.488 e. The number of thioether (sulfide) groups is 1. The lowest BCUT2D eigenvalue weighted by Gasteiger charge is -2.09. The van der Waals surface area contributed by atoms with Gasteiger partial charge in [0.2, 0.25) is 11.1 Å². The van der Waals surface area contributed by atoms with Gasteiger partial charge in [-0.3, -0.25) is 8.96 Å². The lowest BCUT2D eigenvalue weighted by atomic mass is 10.3. The summed E-state index contributed by atoms with van der Waals surface area (Å²) in [6, 6.07) is 5.39. The summed E-state index contributed by atoms with van der Waals surface area (Å²) in [6.07, 6.45) is 3.11. The highest BCUT2D eigenvalue weighted by Crippen LogP contribution is 2.36. The van der Waals surface area contributed by atoms with E-state index in [0.29, 0.717) is 10.4 Å². The maximum atomic E-state index is 12.5. The monoisotopic (exact) mass is 442 g/mol. The van der Waals surface area contributed by atoms with Crippen LogP contribution in [-0.4, -0.2) is 43.6 Å². The fourth-order valence-electron chi connectivity index (χ4n) is 2.38. The molecule has 0 aliphatic heterocycles. The summed E-state index contributed by atoms with van der Waals surface area (Å²) in [4.78, 5) is 25.0. The Morgan fingerprint density at radius 2 is 2.21 bits per heavy atom. The highest BCUT2D eigenvalue weighted by Gasteiger charge is 2.31. The Balaban J connectivity index is 1.70. The van der Waals surface area contributed by atoms with Crippen molar-refractivity contribution in [2.24, 2.45) is 0 Å². The molecule has 9 nitrogen and oxygen atoms in total. The number of hydrogen-bond donors (Lipinski definition) is 1. The molecule has 1 saturated carbocycles. The smallest absolute Gasteiger partial charge is 0.371 e. The molecule has 29 heavy (non-hydrogen) atoms. The van der Waals surface area contributed by atoms with E-state index in [1.807, 2.05) is 5.48 Å². The Kier molecular flexibility index (Phi) is 7.23. The molecule has 1 amide bonds. The van der Waals surface area contributed by atoms with Crippen molar-refractivity contribution in [3.63, 3.8) is 0 Å². The zero-order chi connectivity index (χ0) is 20.8. The van der Waals surface area contributed by atoms with Gasteiger partial charge in [0.15, 0.2) is 5.16 Å². The van der Waals surface area contributed by atoms with Crippen molar-refractivity contribution in [3.05, 3.63) is 47.4 Å². The first-order valence-corrected chi connectivity index (χ1v) is 10.7. The Labute approximate surface area is 172 Å². The van der Waals surface area contributed by atoms with Crippen LogP contribution in [0.1, 0.15) is 18.9 Å². The second-order valence-corrected chi connectivity index (χ2v) is 8.03. The van der Waals surface area contributed by atoms with Gasteiger partial charge >= 0.3 is 11.7 Å². The molecule has 0 saturated heterocycles. The number of halogens is 1. The van der Waals surface area contributed by atoms with Crippen LogP contribution in [0.15, 0.2) is 51.8 Å². The van der Waals surface area contributed by atoms with Crippen LogP contribution in [0.5, 0.6) is 5.75 Å². The molecule has 1 fully saturated rings. The molecule has 1 atom stereocenters. The number of hydrogen-bond acceptors (Lipinski definition) is 7. The number of para-hydroxylation sites is 1. The first kappa shape index (κ1) is 21.3. The predicted molar refractivity (Wildman–Crippen MR) is 105 cm³/mol. The third-order valence-electron chi connectivity index (χ3n) is 3.78. The Morgan fingerprint density at radius 3 is 2.90 bits per heavy atom. The van der Waals surface area contributed by atoms with Crippen LogP contribution in [-0.2, 0) is 15.4 Å². The fourth-order valence-corrected chi connectivity index (χ4v) is 3.87. The molecule has 0 radical (unpaired) electrons. The standard InChI is InChI=1S/C17H19FN4O5S2/c1-2-10-26-13-5-3-4-6-14(13)29(25)27-20-15(23)22-17(24)21(12-7-8-12)16(19-22)28-11-9-18/h2-6,12H,1,7-11H2,(H,20,23). The molecular formula is C17H19FN4O5S2. The topological polar surface area (TPSA) is 104 Å². The molecule has 1 aliphatic carbocycles. The summed E-state index contributed by atoms with van der Waals surface area (Å²) in [5.74, 6) is 0.423. The molecule has 2 aromatic rings. The summed E-state index contributed by atoms with van der Waals surface area (Å²) in [7, 11) is 0. The number of alkyl halides is 1. The Morgan fingerprint density at radius 1 is 1.45 bits per heavy atom. The predicted octanol–water partition coefficient (Wildman–Crippen LogP) is 2.22. The van der Waals surface area contributed by atoms with E-state index in [-0.39, 0.29) is 28.5 Å². The van der Waals surface area contributed by atoms with Crippen LogP contribution >= 0.6 is 11.8 Å². The van der Waals surface area contributed by atoms with Crippen molar-refractivity contribution in [2.45, 2.75) is 28.9 Å². The molecule has 1 aromatic carbocycles. The van der Waals surface area contributed by atoms with Gasteiger partial charge in [0, 0.05) is 11.8 Å². The maximum Gasteiger partial charge on any atom is 0.371 e. The molecule has 0 spiro atoms. The Bertz CT molecular complexity index is 973. The van der Waals surface area contributed by atoms with Gasteiger partial charge in [-0.15, -0.1) is 9.78 Å². The highest BCUT2D eigenvalue weighted by molar-refractivity contribution is 7.99. The van der Waals surface area contributed by atoms with Crippen molar-refractivity contribution in [3.8, 4) is 5.75 Å². The van der Waals surface area contributed by atoms with Crippen molar-refractivity contribution in [1.82, 2.24) is 19.8 Å². The molecule has 3 rings (SSSR count). The van der Waals surface area contributed by atoms with E-state index >= 15 is 0 Å². The number of aromatic nitrogens is 3. The number of hydroxylamine groups is 1. The number of ether oxygens (including phenoxy) is 1. The summed E-state index contributed by atoms with van der Waals surface area (Å²) in [5, 5.41) is 4.21. The first-order valence-electron chi connectivity index (χ1n) is 8.69. The number of carbonyl (C=O) groups is 1. The van der Waals surface area contributed by atoms with Crippen LogP contribution in [0.3, 0.4) is 0 Å². The van der Waals surface area contributed by atoms with Gasteiger partial charge in [0.25, 0.3) is 0 Å². The summed E-state index contributed by atoms with van der Waals surface area (Å²) < 4.78 is 37.1.